The lowest BCUT2D eigenvalue weighted by Crippen LogP contribution is -2.29. The summed E-state index contributed by atoms with van der Waals surface area (Å²) in [5.41, 5.74) is 3.82. The second-order valence-corrected chi connectivity index (χ2v) is 5.08. The van der Waals surface area contributed by atoms with Crippen LogP contribution in [0.3, 0.4) is 0 Å². The molecule has 0 heterocycles. The van der Waals surface area contributed by atoms with E-state index < -0.39 is 17.7 Å². The highest BCUT2D eigenvalue weighted by Crippen LogP contribution is 2.32. The Balaban J connectivity index is 2.49. The van der Waals surface area contributed by atoms with Gasteiger partial charge in [0.2, 0.25) is 0 Å². The smallest absolute Gasteiger partial charge is 0.159 e. The molecular weight excluding hydrogens is 330 g/mol. The number of benzene rings is 2. The Morgan fingerprint density at radius 2 is 1.90 bits per heavy atom. The molecule has 3 nitrogen and oxygen atoms in total. The molecule has 0 radical (unpaired) electrons. The topological polar surface area (TPSA) is 47.3 Å². The van der Waals surface area contributed by atoms with Crippen molar-refractivity contribution in [3.8, 4) is 5.75 Å². The third-order valence-electron chi connectivity index (χ3n) is 2.95. The fraction of sp³-hybridized carbons (Fsp3) is 0.143. The Kier molecular flexibility index (Phi) is 4.69. The fourth-order valence-electron chi connectivity index (χ4n) is 1.98. The zero-order chi connectivity index (χ0) is 14.7. The lowest BCUT2D eigenvalue weighted by atomic mass is 9.98. The minimum Gasteiger partial charge on any atom is -0.496 e. The average Bonchev–Trinajstić information content (AvgIpc) is 2.44. The van der Waals surface area contributed by atoms with Gasteiger partial charge in [-0.05, 0) is 29.8 Å². The molecule has 0 aromatic heterocycles. The van der Waals surface area contributed by atoms with Gasteiger partial charge in [-0.3, -0.25) is 5.84 Å². The molecule has 20 heavy (non-hydrogen) atoms. The number of rotatable bonds is 4. The molecule has 0 aliphatic carbocycles. The maximum absolute atomic E-state index is 13.4. The standard InChI is InChI=1S/C14H13BrF2N2O/c1-20-13-7-9(15)3-4-10(13)14(19-18)8-2-5-11(16)12(17)6-8/h2-7,14,19H,18H2,1H3. The van der Waals surface area contributed by atoms with Crippen LogP contribution in [0.2, 0.25) is 0 Å². The first-order chi connectivity index (χ1) is 9.56. The minimum absolute atomic E-state index is 0.506. The molecule has 0 bridgehead atoms. The Hall–Kier alpha value is -1.50. The largest absolute Gasteiger partial charge is 0.496 e. The van der Waals surface area contributed by atoms with Crippen molar-refractivity contribution in [2.45, 2.75) is 6.04 Å². The van der Waals surface area contributed by atoms with Gasteiger partial charge < -0.3 is 4.74 Å². The minimum atomic E-state index is -0.918. The first-order valence-electron chi connectivity index (χ1n) is 5.81. The number of hydrogen-bond donors (Lipinski definition) is 2. The van der Waals surface area contributed by atoms with Crippen LogP contribution in [0.1, 0.15) is 17.2 Å². The van der Waals surface area contributed by atoms with Crippen LogP contribution in [-0.2, 0) is 0 Å². The lowest BCUT2D eigenvalue weighted by Gasteiger charge is -2.20. The van der Waals surface area contributed by atoms with E-state index in [0.717, 1.165) is 22.2 Å². The lowest BCUT2D eigenvalue weighted by molar-refractivity contribution is 0.403. The van der Waals surface area contributed by atoms with Gasteiger partial charge in [-0.15, -0.1) is 0 Å². The molecule has 2 aromatic rings. The number of hydrazine groups is 1. The van der Waals surface area contributed by atoms with Gasteiger partial charge in [0.1, 0.15) is 5.75 Å². The summed E-state index contributed by atoms with van der Waals surface area (Å²) in [6.45, 7) is 0. The summed E-state index contributed by atoms with van der Waals surface area (Å²) in [7, 11) is 1.53. The van der Waals surface area contributed by atoms with E-state index in [1.165, 1.54) is 13.2 Å². The first-order valence-corrected chi connectivity index (χ1v) is 6.60. The summed E-state index contributed by atoms with van der Waals surface area (Å²) in [6.07, 6.45) is 0. The van der Waals surface area contributed by atoms with Crippen LogP contribution in [0.5, 0.6) is 5.75 Å². The molecule has 0 saturated heterocycles. The number of hydrogen-bond acceptors (Lipinski definition) is 3. The molecule has 0 fully saturated rings. The van der Waals surface area contributed by atoms with Crippen LogP contribution >= 0.6 is 15.9 Å². The summed E-state index contributed by atoms with van der Waals surface area (Å²) in [6, 6.07) is 8.55. The predicted molar refractivity (Wildman–Crippen MR) is 76.2 cm³/mol. The highest BCUT2D eigenvalue weighted by atomic mass is 79.9. The van der Waals surface area contributed by atoms with E-state index >= 15 is 0 Å². The SMILES string of the molecule is COc1cc(Br)ccc1C(NN)c1ccc(F)c(F)c1. The Labute approximate surface area is 123 Å². The van der Waals surface area contributed by atoms with Gasteiger partial charge in [-0.2, -0.15) is 0 Å². The molecule has 1 atom stereocenters. The predicted octanol–water partition coefficient (Wildman–Crippen LogP) is 3.29. The van der Waals surface area contributed by atoms with Crippen LogP contribution < -0.4 is 16.0 Å². The quantitative estimate of drug-likeness (QED) is 0.662. The van der Waals surface area contributed by atoms with Crippen molar-refractivity contribution in [3.05, 3.63) is 63.6 Å². The van der Waals surface area contributed by atoms with Crippen molar-refractivity contribution in [1.82, 2.24) is 5.43 Å². The van der Waals surface area contributed by atoms with Crippen LogP contribution in [0.4, 0.5) is 8.78 Å². The maximum Gasteiger partial charge on any atom is 0.159 e. The Morgan fingerprint density at radius 1 is 1.15 bits per heavy atom. The van der Waals surface area contributed by atoms with Crippen molar-refractivity contribution in [3.63, 3.8) is 0 Å². The van der Waals surface area contributed by atoms with Crippen LogP contribution in [0, 0.1) is 11.6 Å². The monoisotopic (exact) mass is 342 g/mol. The van der Waals surface area contributed by atoms with Gasteiger partial charge in [-0.25, -0.2) is 14.2 Å². The molecule has 6 heteroatoms. The Morgan fingerprint density at radius 3 is 2.50 bits per heavy atom. The van der Waals surface area contributed by atoms with Crippen LogP contribution in [-0.4, -0.2) is 7.11 Å². The summed E-state index contributed by atoms with van der Waals surface area (Å²) in [5, 5.41) is 0. The normalized spacial score (nSPS) is 12.2. The summed E-state index contributed by atoms with van der Waals surface area (Å²) < 4.78 is 32.5. The van der Waals surface area contributed by atoms with Gasteiger partial charge in [0.05, 0.1) is 13.2 Å². The fourth-order valence-corrected chi connectivity index (χ4v) is 2.32. The second-order valence-electron chi connectivity index (χ2n) is 4.16. The second kappa shape index (κ2) is 6.30. The van der Waals surface area contributed by atoms with E-state index in [0.29, 0.717) is 11.3 Å². The Bertz CT molecular complexity index is 622. The first kappa shape index (κ1) is 14.9. The number of ether oxygens (including phenoxy) is 1. The number of halogens is 3. The molecule has 0 spiro atoms. The zero-order valence-electron chi connectivity index (χ0n) is 10.7. The molecule has 0 aliphatic heterocycles. The van der Waals surface area contributed by atoms with Gasteiger partial charge in [-0.1, -0.05) is 28.1 Å². The van der Waals surface area contributed by atoms with Crippen LogP contribution in [0.15, 0.2) is 40.9 Å². The van der Waals surface area contributed by atoms with E-state index in [1.807, 2.05) is 6.07 Å². The molecule has 106 valence electrons. The van der Waals surface area contributed by atoms with E-state index in [9.17, 15) is 8.78 Å². The van der Waals surface area contributed by atoms with E-state index in [4.69, 9.17) is 10.6 Å². The number of nitrogens with two attached hydrogens (primary N) is 1. The average molecular weight is 343 g/mol. The third kappa shape index (κ3) is 2.98. The summed E-state index contributed by atoms with van der Waals surface area (Å²) in [4.78, 5) is 0. The number of nitrogens with one attached hydrogen (secondary N) is 1. The van der Waals surface area contributed by atoms with E-state index in [1.54, 1.807) is 12.1 Å². The number of methoxy groups -OCH3 is 1. The van der Waals surface area contributed by atoms with Crippen molar-refractivity contribution in [1.29, 1.82) is 0 Å². The van der Waals surface area contributed by atoms with Crippen molar-refractivity contribution < 1.29 is 13.5 Å². The van der Waals surface area contributed by atoms with Gasteiger partial charge >= 0.3 is 0 Å². The zero-order valence-corrected chi connectivity index (χ0v) is 12.2. The van der Waals surface area contributed by atoms with Gasteiger partial charge in [0, 0.05) is 10.0 Å². The van der Waals surface area contributed by atoms with Crippen LogP contribution in [0.25, 0.3) is 0 Å². The van der Waals surface area contributed by atoms with E-state index in [-0.39, 0.29) is 0 Å². The summed E-state index contributed by atoms with van der Waals surface area (Å²) in [5.74, 6) is 4.33. The molecule has 2 rings (SSSR count). The van der Waals surface area contributed by atoms with Gasteiger partial charge in [0.25, 0.3) is 0 Å². The van der Waals surface area contributed by atoms with Crippen molar-refractivity contribution in [2.24, 2.45) is 5.84 Å². The maximum atomic E-state index is 13.4. The molecule has 0 saturated carbocycles. The highest BCUT2D eigenvalue weighted by molar-refractivity contribution is 9.10. The summed E-state index contributed by atoms with van der Waals surface area (Å²) >= 11 is 3.34. The van der Waals surface area contributed by atoms with Crippen molar-refractivity contribution in [2.75, 3.05) is 7.11 Å². The molecule has 3 N–H and O–H groups in total. The molecule has 0 amide bonds. The molecule has 2 aromatic carbocycles. The molecule has 1 unspecified atom stereocenters. The van der Waals surface area contributed by atoms with Gasteiger partial charge in [0.15, 0.2) is 11.6 Å². The highest BCUT2D eigenvalue weighted by Gasteiger charge is 2.18. The van der Waals surface area contributed by atoms with E-state index in [2.05, 4.69) is 21.4 Å². The molecular formula is C14H13BrF2N2O. The molecule has 0 aliphatic rings. The van der Waals surface area contributed by atoms with Crippen molar-refractivity contribution >= 4 is 15.9 Å². The third-order valence-corrected chi connectivity index (χ3v) is 3.44.